The zero-order valence-electron chi connectivity index (χ0n) is 10.6. The number of nitrogens with zero attached hydrogens (tertiary/aromatic N) is 2. The number of rotatable bonds is 2. The zero-order chi connectivity index (χ0) is 12.5. The van der Waals surface area contributed by atoms with E-state index in [1.807, 2.05) is 0 Å². The molecule has 0 unspecified atom stereocenters. The van der Waals surface area contributed by atoms with Crippen LogP contribution in [0.4, 0.5) is 5.69 Å². The number of hydrogen-bond acceptors (Lipinski definition) is 3. The van der Waals surface area contributed by atoms with E-state index in [1.165, 1.54) is 18.5 Å². The van der Waals surface area contributed by atoms with E-state index >= 15 is 0 Å². The third-order valence-corrected chi connectivity index (χ3v) is 3.87. The highest BCUT2D eigenvalue weighted by Crippen LogP contribution is 2.24. The van der Waals surface area contributed by atoms with E-state index in [0.717, 1.165) is 36.2 Å². The molecule has 0 saturated carbocycles. The number of H-pyrrole nitrogens is 1. The number of aromatic amines is 1. The van der Waals surface area contributed by atoms with Crippen LogP contribution in [0, 0.1) is 4.64 Å². The number of aromatic nitrogens is 2. The second-order valence-electron chi connectivity index (χ2n) is 4.77. The lowest BCUT2D eigenvalue weighted by Crippen LogP contribution is -2.17. The summed E-state index contributed by atoms with van der Waals surface area (Å²) < 4.78 is 0.710. The Labute approximate surface area is 112 Å². The minimum Gasteiger partial charge on any atom is -0.372 e. The fourth-order valence-electron chi connectivity index (χ4n) is 2.52. The number of fused-ring (bicyclic) bond motifs is 1. The van der Waals surface area contributed by atoms with Crippen molar-refractivity contribution in [1.82, 2.24) is 9.97 Å². The fourth-order valence-corrected chi connectivity index (χ4v) is 2.80. The van der Waals surface area contributed by atoms with E-state index in [0.29, 0.717) is 4.64 Å². The van der Waals surface area contributed by atoms with Crippen LogP contribution in [0.1, 0.15) is 25.6 Å². The van der Waals surface area contributed by atoms with Crippen LogP contribution in [0.25, 0.3) is 10.9 Å². The maximum absolute atomic E-state index is 5.39. The van der Waals surface area contributed by atoms with Gasteiger partial charge in [0, 0.05) is 36.1 Å². The van der Waals surface area contributed by atoms with Gasteiger partial charge in [-0.15, -0.1) is 0 Å². The molecule has 0 bridgehead atoms. The van der Waals surface area contributed by atoms with Gasteiger partial charge >= 0.3 is 0 Å². The molecule has 1 aromatic heterocycles. The highest BCUT2D eigenvalue weighted by atomic mass is 32.1. The first-order valence-corrected chi connectivity index (χ1v) is 6.96. The Bertz CT molecular complexity index is 626. The van der Waals surface area contributed by atoms with Gasteiger partial charge in [0.1, 0.15) is 10.5 Å². The molecule has 3 nitrogen and oxygen atoms in total. The molecule has 4 heteroatoms. The van der Waals surface area contributed by atoms with E-state index in [9.17, 15) is 0 Å². The van der Waals surface area contributed by atoms with Gasteiger partial charge in [0.2, 0.25) is 0 Å². The largest absolute Gasteiger partial charge is 0.372 e. The zero-order valence-corrected chi connectivity index (χ0v) is 11.4. The van der Waals surface area contributed by atoms with Gasteiger partial charge in [0.15, 0.2) is 0 Å². The highest BCUT2D eigenvalue weighted by molar-refractivity contribution is 7.71. The van der Waals surface area contributed by atoms with E-state index in [-0.39, 0.29) is 0 Å². The van der Waals surface area contributed by atoms with Crippen LogP contribution in [0.3, 0.4) is 0 Å². The normalized spacial score (nSPS) is 15.5. The smallest absolute Gasteiger partial charge is 0.137 e. The molecule has 0 radical (unpaired) electrons. The highest BCUT2D eigenvalue weighted by Gasteiger charge is 2.13. The summed E-state index contributed by atoms with van der Waals surface area (Å²) in [6.45, 7) is 4.39. The van der Waals surface area contributed by atoms with Crippen molar-refractivity contribution in [3.05, 3.63) is 28.7 Å². The van der Waals surface area contributed by atoms with Crippen LogP contribution >= 0.6 is 12.2 Å². The molecule has 1 saturated heterocycles. The third kappa shape index (κ3) is 2.01. The molecule has 94 valence electrons. The number of aryl methyl sites for hydroxylation is 1. The minimum atomic E-state index is 0.710. The molecular formula is C14H17N3S. The number of nitrogens with one attached hydrogen (secondary N) is 1. The lowest BCUT2D eigenvalue weighted by atomic mass is 10.2. The topological polar surface area (TPSA) is 31.9 Å². The van der Waals surface area contributed by atoms with Gasteiger partial charge in [0.25, 0.3) is 0 Å². The van der Waals surface area contributed by atoms with Crippen molar-refractivity contribution >= 4 is 28.8 Å². The first-order chi connectivity index (χ1) is 8.78. The Morgan fingerprint density at radius 2 is 2.11 bits per heavy atom. The summed E-state index contributed by atoms with van der Waals surface area (Å²) in [5, 5.41) is 1.06. The molecule has 1 aliphatic heterocycles. The van der Waals surface area contributed by atoms with Gasteiger partial charge in [0.05, 0.1) is 0 Å². The molecule has 3 rings (SSSR count). The van der Waals surface area contributed by atoms with Gasteiger partial charge in [-0.05, 0) is 31.0 Å². The summed E-state index contributed by atoms with van der Waals surface area (Å²) in [6, 6.07) is 6.48. The van der Waals surface area contributed by atoms with E-state index in [4.69, 9.17) is 12.2 Å². The number of benzene rings is 1. The average Bonchev–Trinajstić information content (AvgIpc) is 2.92. The van der Waals surface area contributed by atoms with Gasteiger partial charge in [-0.1, -0.05) is 19.1 Å². The molecule has 1 aromatic carbocycles. The standard InChI is InChI=1S/C14H17N3S/c1-2-13-15-12-6-5-10(17-7-3-4-8-17)9-11(12)14(18)16-13/h5-6,9H,2-4,7-8H2,1H3,(H,15,16,18). The van der Waals surface area contributed by atoms with Gasteiger partial charge in [-0.2, -0.15) is 0 Å². The van der Waals surface area contributed by atoms with Crippen molar-refractivity contribution in [2.75, 3.05) is 18.0 Å². The van der Waals surface area contributed by atoms with Gasteiger partial charge in [-0.3, -0.25) is 0 Å². The Kier molecular flexibility index (Phi) is 3.04. The predicted molar refractivity (Wildman–Crippen MR) is 77.8 cm³/mol. The molecule has 1 N–H and O–H groups in total. The third-order valence-electron chi connectivity index (χ3n) is 3.56. The molecular weight excluding hydrogens is 242 g/mol. The second-order valence-corrected chi connectivity index (χ2v) is 5.15. The predicted octanol–water partition coefficient (Wildman–Crippen LogP) is 3.45. The van der Waals surface area contributed by atoms with Crippen molar-refractivity contribution in [3.63, 3.8) is 0 Å². The molecule has 2 heterocycles. The Balaban J connectivity index is 2.11. The van der Waals surface area contributed by atoms with Crippen LogP contribution in [-0.4, -0.2) is 23.1 Å². The SMILES string of the molecule is CCc1nc(=S)c2cc(N3CCCC3)ccc2[nH]1. The summed E-state index contributed by atoms with van der Waals surface area (Å²) >= 11 is 5.39. The average molecular weight is 259 g/mol. The van der Waals surface area contributed by atoms with Crippen molar-refractivity contribution in [2.45, 2.75) is 26.2 Å². The maximum Gasteiger partial charge on any atom is 0.137 e. The monoisotopic (exact) mass is 259 g/mol. The second kappa shape index (κ2) is 4.69. The first-order valence-electron chi connectivity index (χ1n) is 6.56. The van der Waals surface area contributed by atoms with Crippen LogP contribution in [0.15, 0.2) is 18.2 Å². The molecule has 0 amide bonds. The number of hydrogen-bond donors (Lipinski definition) is 1. The molecule has 18 heavy (non-hydrogen) atoms. The lowest BCUT2D eigenvalue weighted by Gasteiger charge is -2.18. The van der Waals surface area contributed by atoms with E-state index in [1.54, 1.807) is 0 Å². The Morgan fingerprint density at radius 3 is 2.83 bits per heavy atom. The minimum absolute atomic E-state index is 0.710. The van der Waals surface area contributed by atoms with Crippen molar-refractivity contribution in [1.29, 1.82) is 0 Å². The quantitative estimate of drug-likeness (QED) is 0.838. The molecule has 0 aliphatic carbocycles. The van der Waals surface area contributed by atoms with Crippen LogP contribution < -0.4 is 4.90 Å². The number of anilines is 1. The van der Waals surface area contributed by atoms with Crippen LogP contribution in [0.5, 0.6) is 0 Å². The van der Waals surface area contributed by atoms with E-state index in [2.05, 4.69) is 40.0 Å². The molecule has 1 fully saturated rings. The first kappa shape index (κ1) is 11.7. The van der Waals surface area contributed by atoms with Crippen molar-refractivity contribution in [3.8, 4) is 0 Å². The summed E-state index contributed by atoms with van der Waals surface area (Å²) in [4.78, 5) is 10.2. The molecule has 0 spiro atoms. The Morgan fingerprint density at radius 1 is 1.33 bits per heavy atom. The summed E-state index contributed by atoms with van der Waals surface area (Å²) in [6.07, 6.45) is 3.46. The summed E-state index contributed by atoms with van der Waals surface area (Å²) in [5.41, 5.74) is 2.36. The maximum atomic E-state index is 5.39. The molecule has 2 aromatic rings. The van der Waals surface area contributed by atoms with Gasteiger partial charge < -0.3 is 9.88 Å². The molecule has 1 aliphatic rings. The van der Waals surface area contributed by atoms with Crippen LogP contribution in [0.2, 0.25) is 0 Å². The summed E-state index contributed by atoms with van der Waals surface area (Å²) in [5.74, 6) is 0.960. The summed E-state index contributed by atoms with van der Waals surface area (Å²) in [7, 11) is 0. The van der Waals surface area contributed by atoms with Crippen LogP contribution in [-0.2, 0) is 6.42 Å². The van der Waals surface area contributed by atoms with Crippen molar-refractivity contribution in [2.24, 2.45) is 0 Å². The lowest BCUT2D eigenvalue weighted by molar-refractivity contribution is 0.949. The fraction of sp³-hybridized carbons (Fsp3) is 0.429. The Hall–Kier alpha value is -1.42. The van der Waals surface area contributed by atoms with Crippen molar-refractivity contribution < 1.29 is 0 Å². The molecule has 0 atom stereocenters. The van der Waals surface area contributed by atoms with E-state index < -0.39 is 0 Å². The van der Waals surface area contributed by atoms with Gasteiger partial charge in [-0.25, -0.2) is 4.98 Å².